The summed E-state index contributed by atoms with van der Waals surface area (Å²) in [6, 6.07) is 0. The fourth-order valence-electron chi connectivity index (χ4n) is 1.20. The summed E-state index contributed by atoms with van der Waals surface area (Å²) in [6.07, 6.45) is 1.10. The van der Waals surface area contributed by atoms with Gasteiger partial charge in [-0.1, -0.05) is 0 Å². The second-order valence-electron chi connectivity index (χ2n) is 2.81. The second-order valence-corrected chi connectivity index (χ2v) is 3.62. The molecule has 0 spiro atoms. The van der Waals surface area contributed by atoms with E-state index in [0.717, 1.165) is 0 Å². The van der Waals surface area contributed by atoms with Crippen molar-refractivity contribution in [3.8, 4) is 0 Å². The number of benzene rings is 1. The molecule has 6 heteroatoms. The van der Waals surface area contributed by atoms with Crippen LogP contribution < -0.4 is 5.73 Å². The quantitative estimate of drug-likeness (QED) is 0.498. The molecule has 0 aromatic heterocycles. The van der Waals surface area contributed by atoms with Crippen LogP contribution in [0.2, 0.25) is 0 Å². The minimum Gasteiger partial charge on any atom is -0.330 e. The van der Waals surface area contributed by atoms with Gasteiger partial charge in [0, 0.05) is 5.56 Å². The molecule has 1 aromatic carbocycles. The SMILES string of the molecule is CSc1c(F)c(F)c(CCN)c(F)c1F. The highest BCUT2D eigenvalue weighted by molar-refractivity contribution is 7.98. The number of thioether (sulfide) groups is 1. The third kappa shape index (κ3) is 2.10. The van der Waals surface area contributed by atoms with Crippen molar-refractivity contribution < 1.29 is 17.6 Å². The molecular formula is C9H9F4NS. The number of hydrogen-bond acceptors (Lipinski definition) is 2. The van der Waals surface area contributed by atoms with Crippen molar-refractivity contribution in [2.45, 2.75) is 11.3 Å². The first-order chi connectivity index (χ1) is 7.04. The Kier molecular flexibility index (Phi) is 3.98. The average molecular weight is 239 g/mol. The van der Waals surface area contributed by atoms with Gasteiger partial charge in [0.2, 0.25) is 0 Å². The van der Waals surface area contributed by atoms with Gasteiger partial charge in [0.15, 0.2) is 23.3 Å². The molecule has 0 atom stereocenters. The van der Waals surface area contributed by atoms with Crippen LogP contribution in [0.3, 0.4) is 0 Å². The van der Waals surface area contributed by atoms with Gasteiger partial charge in [0.1, 0.15) is 0 Å². The third-order valence-corrected chi connectivity index (χ3v) is 2.68. The lowest BCUT2D eigenvalue weighted by molar-refractivity contribution is 0.413. The van der Waals surface area contributed by atoms with Crippen LogP contribution in [-0.4, -0.2) is 12.8 Å². The van der Waals surface area contributed by atoms with E-state index in [2.05, 4.69) is 0 Å². The Morgan fingerprint density at radius 3 is 1.80 bits per heavy atom. The smallest absolute Gasteiger partial charge is 0.175 e. The maximum Gasteiger partial charge on any atom is 0.175 e. The molecule has 0 fully saturated rings. The van der Waals surface area contributed by atoms with E-state index in [1.54, 1.807) is 0 Å². The standard InChI is InChI=1S/C9H9F4NS/c1-15-9-7(12)5(10)4(2-3-14)6(11)8(9)13/h2-3,14H2,1H3. The average Bonchev–Trinajstić information content (AvgIpc) is 2.23. The van der Waals surface area contributed by atoms with Crippen molar-refractivity contribution in [1.82, 2.24) is 0 Å². The summed E-state index contributed by atoms with van der Waals surface area (Å²) in [5.74, 6) is -5.43. The molecule has 0 heterocycles. The monoisotopic (exact) mass is 239 g/mol. The maximum atomic E-state index is 13.2. The highest BCUT2D eigenvalue weighted by atomic mass is 32.2. The first kappa shape index (κ1) is 12.3. The number of nitrogens with two attached hydrogens (primary N) is 1. The summed E-state index contributed by atoms with van der Waals surface area (Å²) < 4.78 is 52.8. The highest BCUT2D eigenvalue weighted by Crippen LogP contribution is 2.30. The molecule has 0 bridgehead atoms. The Morgan fingerprint density at radius 2 is 1.47 bits per heavy atom. The van der Waals surface area contributed by atoms with Gasteiger partial charge in [-0.25, -0.2) is 17.6 Å². The van der Waals surface area contributed by atoms with E-state index in [4.69, 9.17) is 5.73 Å². The molecule has 1 nitrogen and oxygen atoms in total. The van der Waals surface area contributed by atoms with Gasteiger partial charge >= 0.3 is 0 Å². The first-order valence-electron chi connectivity index (χ1n) is 4.13. The van der Waals surface area contributed by atoms with Crippen LogP contribution in [0.5, 0.6) is 0 Å². The summed E-state index contributed by atoms with van der Waals surface area (Å²) in [5, 5.41) is 0. The van der Waals surface area contributed by atoms with E-state index >= 15 is 0 Å². The lowest BCUT2D eigenvalue weighted by atomic mass is 10.1. The van der Waals surface area contributed by atoms with Gasteiger partial charge in [-0.05, 0) is 19.2 Å². The van der Waals surface area contributed by atoms with Gasteiger partial charge in [0.25, 0.3) is 0 Å². The summed E-state index contributed by atoms with van der Waals surface area (Å²) in [5.41, 5.74) is 4.45. The number of halogens is 4. The molecule has 1 aromatic rings. The van der Waals surface area contributed by atoms with Crippen LogP contribution in [0.4, 0.5) is 17.6 Å². The topological polar surface area (TPSA) is 26.0 Å². The summed E-state index contributed by atoms with van der Waals surface area (Å²) in [4.78, 5) is -0.647. The molecule has 0 saturated carbocycles. The molecule has 0 aliphatic heterocycles. The molecule has 15 heavy (non-hydrogen) atoms. The first-order valence-corrected chi connectivity index (χ1v) is 5.35. The van der Waals surface area contributed by atoms with Crippen LogP contribution in [0.25, 0.3) is 0 Å². The highest BCUT2D eigenvalue weighted by Gasteiger charge is 2.24. The molecule has 84 valence electrons. The predicted molar refractivity (Wildman–Crippen MR) is 50.8 cm³/mol. The lowest BCUT2D eigenvalue weighted by Crippen LogP contribution is -2.11. The molecule has 0 radical (unpaired) electrons. The molecular weight excluding hydrogens is 230 g/mol. The van der Waals surface area contributed by atoms with E-state index in [0.29, 0.717) is 11.8 Å². The van der Waals surface area contributed by atoms with E-state index in [9.17, 15) is 17.6 Å². The lowest BCUT2D eigenvalue weighted by Gasteiger charge is -2.09. The van der Waals surface area contributed by atoms with Crippen LogP contribution in [0.1, 0.15) is 5.56 Å². The van der Waals surface area contributed by atoms with Gasteiger partial charge in [0.05, 0.1) is 4.90 Å². The molecule has 0 aliphatic rings. The van der Waals surface area contributed by atoms with Crippen molar-refractivity contribution in [1.29, 1.82) is 0 Å². The Bertz CT molecular complexity index is 352. The van der Waals surface area contributed by atoms with Gasteiger partial charge in [-0.15, -0.1) is 11.8 Å². The minimum absolute atomic E-state index is 0.0780. The minimum atomic E-state index is -1.36. The molecule has 0 aliphatic carbocycles. The Morgan fingerprint density at radius 1 is 1.00 bits per heavy atom. The van der Waals surface area contributed by atoms with Crippen molar-refractivity contribution in [2.75, 3.05) is 12.8 Å². The van der Waals surface area contributed by atoms with Gasteiger partial charge in [-0.2, -0.15) is 0 Å². The molecule has 0 saturated heterocycles. The van der Waals surface area contributed by atoms with Gasteiger partial charge in [-0.3, -0.25) is 0 Å². The number of rotatable bonds is 3. The van der Waals surface area contributed by atoms with E-state index in [1.165, 1.54) is 6.26 Å². The Balaban J connectivity index is 3.44. The zero-order valence-electron chi connectivity index (χ0n) is 7.91. The third-order valence-electron chi connectivity index (χ3n) is 1.91. The van der Waals surface area contributed by atoms with Crippen molar-refractivity contribution in [2.24, 2.45) is 5.73 Å². The fourth-order valence-corrected chi connectivity index (χ4v) is 1.74. The molecule has 1 rings (SSSR count). The zero-order valence-corrected chi connectivity index (χ0v) is 8.73. The fraction of sp³-hybridized carbons (Fsp3) is 0.333. The Labute approximate surface area is 88.7 Å². The molecule has 2 N–H and O–H groups in total. The number of hydrogen-bond donors (Lipinski definition) is 1. The van der Waals surface area contributed by atoms with Gasteiger partial charge < -0.3 is 5.73 Å². The normalized spacial score (nSPS) is 10.8. The summed E-state index contributed by atoms with van der Waals surface area (Å²) >= 11 is 0.616. The largest absolute Gasteiger partial charge is 0.330 e. The van der Waals surface area contributed by atoms with Crippen molar-refractivity contribution >= 4 is 11.8 Å². The van der Waals surface area contributed by atoms with Crippen LogP contribution in [0, 0.1) is 23.3 Å². The van der Waals surface area contributed by atoms with Crippen LogP contribution >= 0.6 is 11.8 Å². The van der Waals surface area contributed by atoms with Crippen LogP contribution in [-0.2, 0) is 6.42 Å². The van der Waals surface area contributed by atoms with E-state index in [1.807, 2.05) is 0 Å². The predicted octanol–water partition coefficient (Wildman–Crippen LogP) is 2.47. The summed E-state index contributed by atoms with van der Waals surface area (Å²) in [6.45, 7) is -0.0780. The molecule has 0 amide bonds. The Hall–Kier alpha value is -0.750. The van der Waals surface area contributed by atoms with Crippen molar-refractivity contribution in [3.63, 3.8) is 0 Å². The van der Waals surface area contributed by atoms with E-state index in [-0.39, 0.29) is 13.0 Å². The zero-order chi connectivity index (χ0) is 11.6. The van der Waals surface area contributed by atoms with Crippen molar-refractivity contribution in [3.05, 3.63) is 28.8 Å². The summed E-state index contributed by atoms with van der Waals surface area (Å²) in [7, 11) is 0. The van der Waals surface area contributed by atoms with Crippen LogP contribution in [0.15, 0.2) is 4.90 Å². The second kappa shape index (κ2) is 4.85. The molecule has 0 unspecified atom stereocenters. The maximum absolute atomic E-state index is 13.2. The van der Waals surface area contributed by atoms with E-state index < -0.39 is 33.7 Å².